The normalized spacial score (nSPS) is 10.1. The zero-order chi connectivity index (χ0) is 21.5. The molecule has 7 nitrogen and oxygen atoms in total. The van der Waals surface area contributed by atoms with E-state index in [1.165, 1.54) is 21.3 Å². The molecule has 0 fully saturated rings. The first-order chi connectivity index (χ1) is 14.6. The Balaban J connectivity index is 1.84. The summed E-state index contributed by atoms with van der Waals surface area (Å²) in [7, 11) is 6.06. The van der Waals surface area contributed by atoms with Crippen molar-refractivity contribution in [3.05, 3.63) is 66.2 Å². The van der Waals surface area contributed by atoms with Gasteiger partial charge in [-0.3, -0.25) is 4.79 Å². The minimum atomic E-state index is -0.337. The van der Waals surface area contributed by atoms with E-state index in [9.17, 15) is 4.79 Å². The lowest BCUT2D eigenvalue weighted by molar-refractivity contribution is 0.102. The lowest BCUT2D eigenvalue weighted by atomic mass is 10.1. The number of ether oxygens (including phenoxy) is 4. The molecule has 0 bridgehead atoms. The van der Waals surface area contributed by atoms with Crippen LogP contribution in [0.15, 0.2) is 60.7 Å². The van der Waals surface area contributed by atoms with Crippen molar-refractivity contribution in [2.45, 2.75) is 0 Å². The van der Waals surface area contributed by atoms with Crippen molar-refractivity contribution in [2.75, 3.05) is 39.1 Å². The summed E-state index contributed by atoms with van der Waals surface area (Å²) in [5, 5.41) is 6.16. The molecular weight excluding hydrogens is 384 g/mol. The predicted octanol–water partition coefficient (Wildman–Crippen LogP) is 4.72. The Morgan fingerprint density at radius 3 is 1.90 bits per heavy atom. The second-order valence-corrected chi connectivity index (χ2v) is 6.27. The third-order valence-corrected chi connectivity index (χ3v) is 4.44. The Morgan fingerprint density at radius 2 is 1.33 bits per heavy atom. The highest BCUT2D eigenvalue weighted by Crippen LogP contribution is 2.38. The van der Waals surface area contributed by atoms with Crippen LogP contribution < -0.4 is 29.6 Å². The van der Waals surface area contributed by atoms with E-state index in [1.807, 2.05) is 42.5 Å². The van der Waals surface area contributed by atoms with Crippen LogP contribution in [0.4, 0.5) is 17.1 Å². The Morgan fingerprint density at radius 1 is 0.700 bits per heavy atom. The van der Waals surface area contributed by atoms with Crippen molar-refractivity contribution in [1.82, 2.24) is 0 Å². The fraction of sp³-hybridized carbons (Fsp3) is 0.174. The van der Waals surface area contributed by atoms with Crippen LogP contribution in [0.2, 0.25) is 0 Å². The van der Waals surface area contributed by atoms with Crippen molar-refractivity contribution in [3.63, 3.8) is 0 Å². The van der Waals surface area contributed by atoms with E-state index >= 15 is 0 Å². The Bertz CT molecular complexity index is 996. The summed E-state index contributed by atoms with van der Waals surface area (Å²) in [4.78, 5) is 12.9. The summed E-state index contributed by atoms with van der Waals surface area (Å²) in [6, 6.07) is 18.4. The largest absolute Gasteiger partial charge is 0.494 e. The lowest BCUT2D eigenvalue weighted by Gasteiger charge is -2.15. The van der Waals surface area contributed by atoms with E-state index < -0.39 is 0 Å². The molecule has 1 amide bonds. The smallest absolute Gasteiger partial charge is 0.256 e. The van der Waals surface area contributed by atoms with Crippen molar-refractivity contribution >= 4 is 23.0 Å². The quantitative estimate of drug-likeness (QED) is 0.562. The number of carbonyl (C=O) groups is 1. The van der Waals surface area contributed by atoms with Crippen LogP contribution in [0.1, 0.15) is 10.4 Å². The molecule has 0 aromatic heterocycles. The van der Waals surface area contributed by atoms with E-state index in [2.05, 4.69) is 10.6 Å². The fourth-order valence-corrected chi connectivity index (χ4v) is 2.97. The molecular formula is C23H24N2O5. The van der Waals surface area contributed by atoms with Gasteiger partial charge >= 0.3 is 0 Å². The molecule has 7 heteroatoms. The molecule has 0 saturated carbocycles. The highest BCUT2D eigenvalue weighted by atomic mass is 16.5. The van der Waals surface area contributed by atoms with Gasteiger partial charge in [0.25, 0.3) is 5.91 Å². The van der Waals surface area contributed by atoms with Crippen LogP contribution in [0.5, 0.6) is 23.0 Å². The standard InChI is InChI=1S/C23H24N2O5/c1-27-19-14-17(24-16-8-6-5-7-9-16)10-11-18(19)25-23(26)15-12-20(28-2)22(30-4)21(13-15)29-3/h5-14,24H,1-4H3,(H,25,26). The minimum absolute atomic E-state index is 0.337. The molecule has 0 aliphatic carbocycles. The number of methoxy groups -OCH3 is 4. The van der Waals surface area contributed by atoms with Crippen molar-refractivity contribution in [1.29, 1.82) is 0 Å². The van der Waals surface area contributed by atoms with Crippen LogP contribution in [0.3, 0.4) is 0 Å². The number of hydrogen-bond donors (Lipinski definition) is 2. The summed E-state index contributed by atoms with van der Waals surface area (Å²) in [5.74, 6) is 1.41. The first kappa shape index (κ1) is 20.9. The first-order valence-electron chi connectivity index (χ1n) is 9.21. The van der Waals surface area contributed by atoms with Gasteiger partial charge in [-0.15, -0.1) is 0 Å². The molecule has 0 saturated heterocycles. The molecule has 0 spiro atoms. The van der Waals surface area contributed by atoms with Gasteiger partial charge in [0.1, 0.15) is 5.75 Å². The molecule has 0 aliphatic rings. The van der Waals surface area contributed by atoms with Crippen molar-refractivity contribution in [2.24, 2.45) is 0 Å². The van der Waals surface area contributed by atoms with Gasteiger partial charge < -0.3 is 29.6 Å². The number of carbonyl (C=O) groups excluding carboxylic acids is 1. The number of nitrogens with one attached hydrogen (secondary N) is 2. The molecule has 156 valence electrons. The lowest BCUT2D eigenvalue weighted by Crippen LogP contribution is -2.13. The second-order valence-electron chi connectivity index (χ2n) is 6.27. The average molecular weight is 408 g/mol. The molecule has 3 aromatic carbocycles. The van der Waals surface area contributed by atoms with Gasteiger partial charge in [0, 0.05) is 23.0 Å². The zero-order valence-corrected chi connectivity index (χ0v) is 17.3. The van der Waals surface area contributed by atoms with Crippen molar-refractivity contribution < 1.29 is 23.7 Å². The van der Waals surface area contributed by atoms with Gasteiger partial charge in [0.05, 0.1) is 34.1 Å². The number of benzene rings is 3. The summed E-state index contributed by atoms with van der Waals surface area (Å²) in [5.41, 5.74) is 2.69. The Hall–Kier alpha value is -3.87. The van der Waals surface area contributed by atoms with E-state index in [1.54, 1.807) is 25.3 Å². The number of amides is 1. The van der Waals surface area contributed by atoms with Gasteiger partial charge in [0.2, 0.25) is 5.75 Å². The maximum Gasteiger partial charge on any atom is 0.256 e. The molecule has 2 N–H and O–H groups in total. The molecule has 0 heterocycles. The Labute approximate surface area is 175 Å². The SMILES string of the molecule is COc1cc(Nc2ccccc2)ccc1NC(=O)c1cc(OC)c(OC)c(OC)c1. The van der Waals surface area contributed by atoms with Gasteiger partial charge in [-0.05, 0) is 36.4 Å². The fourth-order valence-electron chi connectivity index (χ4n) is 2.97. The number of anilines is 3. The minimum Gasteiger partial charge on any atom is -0.494 e. The van der Waals surface area contributed by atoms with Gasteiger partial charge in [-0.25, -0.2) is 0 Å². The first-order valence-corrected chi connectivity index (χ1v) is 9.21. The number of rotatable bonds is 8. The highest BCUT2D eigenvalue weighted by Gasteiger charge is 2.18. The van der Waals surface area contributed by atoms with Crippen LogP contribution in [0.25, 0.3) is 0 Å². The van der Waals surface area contributed by atoms with Crippen LogP contribution in [-0.4, -0.2) is 34.3 Å². The predicted molar refractivity (Wildman–Crippen MR) is 117 cm³/mol. The van der Waals surface area contributed by atoms with Gasteiger partial charge in [-0.2, -0.15) is 0 Å². The Kier molecular flexibility index (Phi) is 6.64. The average Bonchev–Trinajstić information content (AvgIpc) is 2.79. The maximum absolute atomic E-state index is 12.9. The summed E-state index contributed by atoms with van der Waals surface area (Å²) >= 11 is 0. The highest BCUT2D eigenvalue weighted by molar-refractivity contribution is 6.06. The van der Waals surface area contributed by atoms with E-state index in [-0.39, 0.29) is 5.91 Å². The second kappa shape index (κ2) is 9.56. The van der Waals surface area contributed by atoms with E-state index in [0.29, 0.717) is 34.2 Å². The molecule has 0 aliphatic heterocycles. The topological polar surface area (TPSA) is 78.1 Å². The van der Waals surface area contributed by atoms with E-state index in [4.69, 9.17) is 18.9 Å². The third-order valence-electron chi connectivity index (χ3n) is 4.44. The third kappa shape index (κ3) is 4.57. The van der Waals surface area contributed by atoms with Crippen molar-refractivity contribution in [3.8, 4) is 23.0 Å². The van der Waals surface area contributed by atoms with Gasteiger partial charge in [0.15, 0.2) is 11.5 Å². The van der Waals surface area contributed by atoms with Crippen LogP contribution in [-0.2, 0) is 0 Å². The van der Waals surface area contributed by atoms with Crippen LogP contribution >= 0.6 is 0 Å². The summed E-state index contributed by atoms with van der Waals surface area (Å²) in [6.45, 7) is 0. The monoisotopic (exact) mass is 408 g/mol. The summed E-state index contributed by atoms with van der Waals surface area (Å²) < 4.78 is 21.4. The molecule has 3 rings (SSSR count). The molecule has 0 atom stereocenters. The molecule has 30 heavy (non-hydrogen) atoms. The van der Waals surface area contributed by atoms with Gasteiger partial charge in [-0.1, -0.05) is 18.2 Å². The van der Waals surface area contributed by atoms with E-state index in [0.717, 1.165) is 11.4 Å². The number of para-hydroxylation sites is 1. The summed E-state index contributed by atoms with van der Waals surface area (Å²) in [6.07, 6.45) is 0. The molecule has 0 unspecified atom stereocenters. The molecule has 0 radical (unpaired) electrons. The number of hydrogen-bond acceptors (Lipinski definition) is 6. The van der Waals surface area contributed by atoms with Crippen LogP contribution in [0, 0.1) is 0 Å². The molecule has 3 aromatic rings. The maximum atomic E-state index is 12.9. The zero-order valence-electron chi connectivity index (χ0n) is 17.3.